The fourth-order valence-electron chi connectivity index (χ4n) is 7.25. The molecule has 3 nitrogen and oxygen atoms in total. The molecule has 3 heteroatoms. The largest absolute Gasteiger partial charge is 0.456 e. The minimum Gasteiger partial charge on any atom is -0.456 e. The molecule has 0 aliphatic rings. The molecule has 0 radical (unpaired) electrons. The highest BCUT2D eigenvalue weighted by Crippen LogP contribution is 2.49. The number of nitrogens with zero attached hydrogens (tertiary/aromatic N) is 1. The third-order valence-corrected chi connectivity index (χ3v) is 9.42. The lowest BCUT2D eigenvalue weighted by atomic mass is 9.96. The van der Waals surface area contributed by atoms with Crippen molar-refractivity contribution in [3.63, 3.8) is 0 Å². The second-order valence-corrected chi connectivity index (χ2v) is 12.1. The Labute approximate surface area is 270 Å². The molecule has 0 N–H and O–H groups in total. The molecule has 10 rings (SSSR count). The topological polar surface area (TPSA) is 29.5 Å². The highest BCUT2D eigenvalue weighted by atomic mass is 16.3. The lowest BCUT2D eigenvalue weighted by molar-refractivity contribution is 0.668. The minimum absolute atomic E-state index is 0.847. The van der Waals surface area contributed by atoms with Crippen LogP contribution in [0.1, 0.15) is 0 Å². The second-order valence-electron chi connectivity index (χ2n) is 12.1. The SMILES string of the molecule is c1ccc(-c2cccc(N(c3ccc4c(c3)oc3ccccc34)c3c4ccc5ccccc5c4cc4c3oc3ccccc34)c2)cc1. The molecular weight excluding hydrogens is 574 g/mol. The smallest absolute Gasteiger partial charge is 0.160 e. The number of fused-ring (bicyclic) bond motifs is 9. The molecule has 10 aromatic rings. The molecule has 0 aliphatic carbocycles. The second kappa shape index (κ2) is 10.1. The summed E-state index contributed by atoms with van der Waals surface area (Å²) in [6.45, 7) is 0. The van der Waals surface area contributed by atoms with Crippen molar-refractivity contribution in [3.8, 4) is 11.1 Å². The van der Waals surface area contributed by atoms with Gasteiger partial charge in [0, 0.05) is 38.7 Å². The number of hydrogen-bond acceptors (Lipinski definition) is 3. The molecular formula is C44H27NO2. The van der Waals surface area contributed by atoms with Crippen molar-refractivity contribution in [1.82, 2.24) is 0 Å². The van der Waals surface area contributed by atoms with Crippen LogP contribution in [0.25, 0.3) is 76.5 Å². The van der Waals surface area contributed by atoms with E-state index in [1.807, 2.05) is 18.2 Å². The molecule has 0 unspecified atom stereocenters. The minimum atomic E-state index is 0.847. The van der Waals surface area contributed by atoms with Gasteiger partial charge in [0.05, 0.1) is 11.4 Å². The van der Waals surface area contributed by atoms with Crippen molar-refractivity contribution in [3.05, 3.63) is 164 Å². The average molecular weight is 602 g/mol. The first kappa shape index (κ1) is 26.0. The molecule has 0 spiro atoms. The first-order valence-corrected chi connectivity index (χ1v) is 15.9. The van der Waals surface area contributed by atoms with Gasteiger partial charge in [-0.3, -0.25) is 0 Å². The van der Waals surface area contributed by atoms with Gasteiger partial charge in [0.15, 0.2) is 5.58 Å². The zero-order valence-corrected chi connectivity index (χ0v) is 25.4. The number of benzene rings is 8. The molecule has 47 heavy (non-hydrogen) atoms. The summed E-state index contributed by atoms with van der Waals surface area (Å²) in [5.41, 5.74) is 8.78. The number of hydrogen-bond donors (Lipinski definition) is 0. The van der Waals surface area contributed by atoms with E-state index in [4.69, 9.17) is 8.83 Å². The van der Waals surface area contributed by atoms with Crippen LogP contribution in [-0.4, -0.2) is 0 Å². The predicted octanol–water partition coefficient (Wildman–Crippen LogP) is 12.9. The lowest BCUT2D eigenvalue weighted by Crippen LogP contribution is -2.11. The third kappa shape index (κ3) is 4.00. The Balaban J connectivity index is 1.34. The van der Waals surface area contributed by atoms with Crippen molar-refractivity contribution in [1.29, 1.82) is 0 Å². The molecule has 0 amide bonds. The maximum absolute atomic E-state index is 6.81. The van der Waals surface area contributed by atoms with E-state index in [-0.39, 0.29) is 0 Å². The summed E-state index contributed by atoms with van der Waals surface area (Å²) in [7, 11) is 0. The Bertz CT molecular complexity index is 2810. The van der Waals surface area contributed by atoms with E-state index in [9.17, 15) is 0 Å². The van der Waals surface area contributed by atoms with E-state index in [1.165, 1.54) is 21.7 Å². The summed E-state index contributed by atoms with van der Waals surface area (Å²) in [6, 6.07) is 57.8. The van der Waals surface area contributed by atoms with Crippen molar-refractivity contribution in [2.45, 2.75) is 0 Å². The zero-order chi connectivity index (χ0) is 30.9. The molecule has 0 bridgehead atoms. The van der Waals surface area contributed by atoms with Crippen molar-refractivity contribution in [2.24, 2.45) is 0 Å². The van der Waals surface area contributed by atoms with E-state index in [2.05, 4.69) is 150 Å². The fourth-order valence-corrected chi connectivity index (χ4v) is 7.25. The Morgan fingerprint density at radius 2 is 0.979 bits per heavy atom. The van der Waals surface area contributed by atoms with Crippen LogP contribution in [0.5, 0.6) is 0 Å². The van der Waals surface area contributed by atoms with Crippen LogP contribution < -0.4 is 4.90 Å². The van der Waals surface area contributed by atoms with Gasteiger partial charge in [0.2, 0.25) is 0 Å². The first-order valence-electron chi connectivity index (χ1n) is 15.9. The molecule has 2 aromatic heterocycles. The summed E-state index contributed by atoms with van der Waals surface area (Å²) in [6.07, 6.45) is 0. The van der Waals surface area contributed by atoms with Crippen LogP contribution in [-0.2, 0) is 0 Å². The van der Waals surface area contributed by atoms with Crippen molar-refractivity contribution in [2.75, 3.05) is 4.90 Å². The van der Waals surface area contributed by atoms with Crippen LogP contribution in [0.3, 0.4) is 0 Å². The van der Waals surface area contributed by atoms with Gasteiger partial charge in [-0.1, -0.05) is 115 Å². The summed E-state index contributed by atoms with van der Waals surface area (Å²) >= 11 is 0. The van der Waals surface area contributed by atoms with Crippen LogP contribution in [0.2, 0.25) is 0 Å². The lowest BCUT2D eigenvalue weighted by Gasteiger charge is -2.27. The van der Waals surface area contributed by atoms with Gasteiger partial charge in [-0.2, -0.15) is 0 Å². The predicted molar refractivity (Wildman–Crippen MR) is 196 cm³/mol. The summed E-state index contributed by atoms with van der Waals surface area (Å²) < 4.78 is 13.3. The standard InChI is InChI=1S/C44H27NO2/c1-2-11-28(12-3-1)30-14-10-15-31(25-30)45(32-22-24-36-34-17-6-8-19-40(34)46-42(36)26-32)43-37-23-21-29-13-4-5-16-33(29)38(37)27-39-35-18-7-9-20-41(35)47-44(39)43/h1-27H. The molecule has 0 saturated carbocycles. The highest BCUT2D eigenvalue weighted by Gasteiger charge is 2.24. The summed E-state index contributed by atoms with van der Waals surface area (Å²) in [5.74, 6) is 0. The maximum atomic E-state index is 6.81. The van der Waals surface area contributed by atoms with Crippen LogP contribution in [0.15, 0.2) is 173 Å². The van der Waals surface area contributed by atoms with Crippen LogP contribution in [0, 0.1) is 0 Å². The Morgan fingerprint density at radius 3 is 1.83 bits per heavy atom. The number of anilines is 3. The number of rotatable bonds is 4. The van der Waals surface area contributed by atoms with Gasteiger partial charge in [0.25, 0.3) is 0 Å². The Kier molecular flexibility index (Phi) is 5.57. The first-order chi connectivity index (χ1) is 23.3. The molecule has 220 valence electrons. The van der Waals surface area contributed by atoms with Gasteiger partial charge in [-0.25, -0.2) is 0 Å². The fraction of sp³-hybridized carbons (Fsp3) is 0. The van der Waals surface area contributed by atoms with Gasteiger partial charge in [0.1, 0.15) is 16.7 Å². The van der Waals surface area contributed by atoms with Gasteiger partial charge in [-0.15, -0.1) is 0 Å². The van der Waals surface area contributed by atoms with Gasteiger partial charge < -0.3 is 13.7 Å². The van der Waals surface area contributed by atoms with Crippen molar-refractivity contribution < 1.29 is 8.83 Å². The van der Waals surface area contributed by atoms with E-state index in [0.717, 1.165) is 71.9 Å². The average Bonchev–Trinajstić information content (AvgIpc) is 3.70. The monoisotopic (exact) mass is 601 g/mol. The van der Waals surface area contributed by atoms with E-state index < -0.39 is 0 Å². The van der Waals surface area contributed by atoms with E-state index in [1.54, 1.807) is 0 Å². The third-order valence-electron chi connectivity index (χ3n) is 9.42. The quantitative estimate of drug-likeness (QED) is 0.188. The number of furan rings is 2. The highest BCUT2D eigenvalue weighted by molar-refractivity contribution is 6.24. The summed E-state index contributed by atoms with van der Waals surface area (Å²) in [5, 5.41) is 9.13. The maximum Gasteiger partial charge on any atom is 0.160 e. The van der Waals surface area contributed by atoms with Crippen molar-refractivity contribution >= 4 is 82.5 Å². The normalized spacial score (nSPS) is 11.8. The van der Waals surface area contributed by atoms with Crippen LogP contribution in [0.4, 0.5) is 17.1 Å². The number of para-hydroxylation sites is 2. The van der Waals surface area contributed by atoms with E-state index >= 15 is 0 Å². The molecule has 2 heterocycles. The van der Waals surface area contributed by atoms with Gasteiger partial charge in [-0.05, 0) is 69.8 Å². The van der Waals surface area contributed by atoms with Crippen LogP contribution >= 0.6 is 0 Å². The molecule has 0 aliphatic heterocycles. The molecule has 8 aromatic carbocycles. The molecule has 0 saturated heterocycles. The van der Waals surface area contributed by atoms with Gasteiger partial charge >= 0.3 is 0 Å². The Hall–Kier alpha value is -6.32. The molecule has 0 atom stereocenters. The zero-order valence-electron chi connectivity index (χ0n) is 25.4. The Morgan fingerprint density at radius 1 is 0.340 bits per heavy atom. The summed E-state index contributed by atoms with van der Waals surface area (Å²) in [4.78, 5) is 2.35. The van der Waals surface area contributed by atoms with E-state index in [0.29, 0.717) is 0 Å². The molecule has 0 fully saturated rings.